The van der Waals surface area contributed by atoms with Gasteiger partial charge in [0, 0.05) is 47.0 Å². The van der Waals surface area contributed by atoms with Crippen molar-refractivity contribution in [2.75, 3.05) is 0 Å². The van der Waals surface area contributed by atoms with Crippen LogP contribution in [0.15, 0.2) is 122 Å². The Balaban J connectivity index is 0.00000348. The topological polar surface area (TPSA) is 106 Å². The van der Waals surface area contributed by atoms with E-state index in [1.807, 2.05) is 121 Å². The molecule has 1 radical (unpaired) electrons. The van der Waals surface area contributed by atoms with Crippen LogP contribution in [-0.2, 0) is 17.1 Å². The summed E-state index contributed by atoms with van der Waals surface area (Å²) in [6.07, 6.45) is 15.2. The fourth-order valence-electron chi connectivity index (χ4n) is 6.18. The number of aromatic nitrogens is 8. The van der Waals surface area contributed by atoms with E-state index in [-0.39, 0.29) is 17.1 Å². The minimum Gasteiger partial charge on any atom is -0.657 e. The summed E-state index contributed by atoms with van der Waals surface area (Å²) >= 11 is 0. The van der Waals surface area contributed by atoms with Crippen LogP contribution in [0.4, 0.5) is 0 Å². The van der Waals surface area contributed by atoms with Crippen molar-refractivity contribution in [3.8, 4) is 45.0 Å². The van der Waals surface area contributed by atoms with Crippen molar-refractivity contribution < 1.29 is 17.1 Å². The summed E-state index contributed by atoms with van der Waals surface area (Å²) in [6.45, 7) is 0. The molecule has 9 rings (SSSR count). The van der Waals surface area contributed by atoms with Gasteiger partial charge in [0.15, 0.2) is 0 Å². The van der Waals surface area contributed by atoms with E-state index in [0.717, 1.165) is 89.9 Å². The van der Waals surface area contributed by atoms with Crippen molar-refractivity contribution in [3.63, 3.8) is 0 Å². The third kappa shape index (κ3) is 5.47. The Kier molecular flexibility index (Phi) is 7.81. The van der Waals surface area contributed by atoms with Gasteiger partial charge < -0.3 is 9.97 Å². The Bertz CT molecular complexity index is 2190. The molecule has 0 saturated heterocycles. The standard InChI is InChI=1S/C40H24N8.Fe/c1-5-21-41-25(9-1)37-29-13-15-31(45-29)38(26-10-2-6-22-42-26)33-17-19-35(47-33)40(28-12-4-8-24-44-28)36-20-18-34(48-36)39(27-11-3-7-23-43-27)32-16-14-30(37)46-32;/h1-24H;/q-2;+3. The molecule has 0 aliphatic carbocycles. The first-order valence-electron chi connectivity index (χ1n) is 15.5. The zero-order valence-corrected chi connectivity index (χ0v) is 26.9. The molecule has 0 saturated carbocycles. The summed E-state index contributed by atoms with van der Waals surface area (Å²) in [5.74, 6) is 0. The molecule has 7 aromatic heterocycles. The van der Waals surface area contributed by atoms with Gasteiger partial charge in [-0.1, -0.05) is 48.5 Å². The maximum Gasteiger partial charge on any atom is 3.00 e. The van der Waals surface area contributed by atoms with Crippen LogP contribution in [0.25, 0.3) is 91.4 Å². The van der Waals surface area contributed by atoms with Crippen LogP contribution in [0.1, 0.15) is 22.8 Å². The second kappa shape index (κ2) is 12.7. The van der Waals surface area contributed by atoms with Gasteiger partial charge in [-0.2, -0.15) is 0 Å². The van der Waals surface area contributed by atoms with Crippen LogP contribution in [0.5, 0.6) is 0 Å². The predicted octanol–water partition coefficient (Wildman–Crippen LogP) is 8.16. The maximum atomic E-state index is 5.20. The van der Waals surface area contributed by atoms with Crippen molar-refractivity contribution in [1.82, 2.24) is 39.9 Å². The second-order valence-corrected chi connectivity index (χ2v) is 11.2. The number of hydrogen-bond donors (Lipinski definition) is 0. The molecule has 2 aliphatic rings. The SMILES string of the molecule is C1=Cc2nc1c(-c1ccccn1)c1ccc([n-]1)c(-c1ccccn1)c1nc(c(-c3ccccn3)c3ccc([n-]3)c2-c2ccccn2)C=C1.[Fe+3]. The molecule has 7 aromatic rings. The molecule has 2 aliphatic heterocycles. The van der Waals surface area contributed by atoms with Gasteiger partial charge in [0.25, 0.3) is 0 Å². The van der Waals surface area contributed by atoms with Crippen molar-refractivity contribution in [1.29, 1.82) is 0 Å². The first kappa shape index (κ1) is 30.1. The zero-order chi connectivity index (χ0) is 31.9. The van der Waals surface area contributed by atoms with E-state index in [1.54, 1.807) is 24.8 Å². The van der Waals surface area contributed by atoms with Gasteiger partial charge >= 0.3 is 17.1 Å². The zero-order valence-electron chi connectivity index (χ0n) is 25.8. The molecule has 9 heteroatoms. The molecule has 231 valence electrons. The van der Waals surface area contributed by atoms with Crippen LogP contribution >= 0.6 is 0 Å². The third-order valence-electron chi connectivity index (χ3n) is 8.29. The fourth-order valence-corrected chi connectivity index (χ4v) is 6.18. The fraction of sp³-hybridized carbons (Fsp3) is 0. The summed E-state index contributed by atoms with van der Waals surface area (Å²) in [5.41, 5.74) is 12.3. The first-order chi connectivity index (χ1) is 23.8. The van der Waals surface area contributed by atoms with Crippen molar-refractivity contribution in [3.05, 3.63) is 145 Å². The number of hydrogen-bond acceptors (Lipinski definition) is 6. The molecule has 0 amide bonds. The number of fused-ring (bicyclic) bond motifs is 8. The maximum absolute atomic E-state index is 5.20. The number of pyridine rings is 4. The van der Waals surface area contributed by atoms with Crippen LogP contribution < -0.4 is 9.97 Å². The monoisotopic (exact) mass is 672 g/mol. The van der Waals surface area contributed by atoms with E-state index in [1.165, 1.54) is 0 Å². The molecular formula is C40H24FeN8+. The number of rotatable bonds is 4. The minimum atomic E-state index is 0. The molecule has 8 nitrogen and oxygen atoms in total. The molecule has 0 atom stereocenters. The molecule has 0 N–H and O–H groups in total. The molecule has 0 fully saturated rings. The van der Waals surface area contributed by atoms with E-state index in [9.17, 15) is 0 Å². The minimum absolute atomic E-state index is 0. The predicted molar refractivity (Wildman–Crippen MR) is 190 cm³/mol. The molecule has 0 spiro atoms. The Morgan fingerprint density at radius 3 is 0.816 bits per heavy atom. The van der Waals surface area contributed by atoms with Gasteiger partial charge in [-0.3, -0.25) is 19.9 Å². The quantitative estimate of drug-likeness (QED) is 0.173. The molecular weight excluding hydrogens is 648 g/mol. The Morgan fingerprint density at radius 1 is 0.327 bits per heavy atom. The Labute approximate surface area is 292 Å². The average Bonchev–Trinajstić information content (AvgIpc) is 3.98. The number of nitrogens with zero attached hydrogens (tertiary/aromatic N) is 8. The summed E-state index contributed by atoms with van der Waals surface area (Å²) in [4.78, 5) is 39.7. The average molecular weight is 673 g/mol. The van der Waals surface area contributed by atoms with Gasteiger partial charge in [0.05, 0.1) is 45.6 Å². The summed E-state index contributed by atoms with van der Waals surface area (Å²) in [6, 6.07) is 31.5. The molecule has 0 aromatic carbocycles. The van der Waals surface area contributed by atoms with Crippen molar-refractivity contribution >= 4 is 46.4 Å². The van der Waals surface area contributed by atoms with Gasteiger partial charge in [-0.05, 0) is 72.8 Å². The summed E-state index contributed by atoms with van der Waals surface area (Å²) < 4.78 is 0. The normalized spacial score (nSPS) is 11.8. The summed E-state index contributed by atoms with van der Waals surface area (Å²) in [5, 5.41) is 0. The van der Waals surface area contributed by atoms with Gasteiger partial charge in [-0.15, -0.1) is 22.1 Å². The Hall–Kier alpha value is -6.28. The van der Waals surface area contributed by atoms with E-state index in [2.05, 4.69) is 0 Å². The van der Waals surface area contributed by atoms with Gasteiger partial charge in [0.2, 0.25) is 0 Å². The van der Waals surface area contributed by atoms with Crippen molar-refractivity contribution in [2.45, 2.75) is 0 Å². The van der Waals surface area contributed by atoms with Gasteiger partial charge in [-0.25, -0.2) is 9.97 Å². The van der Waals surface area contributed by atoms with Crippen LogP contribution in [0, 0.1) is 0 Å². The second-order valence-electron chi connectivity index (χ2n) is 11.2. The van der Waals surface area contributed by atoms with E-state index in [4.69, 9.17) is 39.9 Å². The largest absolute Gasteiger partial charge is 3.00 e. The van der Waals surface area contributed by atoms with Crippen LogP contribution in [0.2, 0.25) is 0 Å². The molecule has 8 bridgehead atoms. The molecule has 49 heavy (non-hydrogen) atoms. The first-order valence-corrected chi connectivity index (χ1v) is 15.5. The van der Waals surface area contributed by atoms with Crippen molar-refractivity contribution in [2.24, 2.45) is 0 Å². The van der Waals surface area contributed by atoms with E-state index >= 15 is 0 Å². The van der Waals surface area contributed by atoms with Crippen LogP contribution in [-0.4, -0.2) is 29.9 Å². The molecule has 9 heterocycles. The smallest absolute Gasteiger partial charge is 0.657 e. The van der Waals surface area contributed by atoms with E-state index < -0.39 is 0 Å². The molecule has 0 unspecified atom stereocenters. The van der Waals surface area contributed by atoms with E-state index in [0.29, 0.717) is 0 Å². The third-order valence-corrected chi connectivity index (χ3v) is 8.29. The van der Waals surface area contributed by atoms with Crippen LogP contribution in [0.3, 0.4) is 0 Å². The Morgan fingerprint density at radius 2 is 0.592 bits per heavy atom. The summed E-state index contributed by atoms with van der Waals surface area (Å²) in [7, 11) is 0. The van der Waals surface area contributed by atoms with Gasteiger partial charge in [0.1, 0.15) is 0 Å².